The first-order valence-electron chi connectivity index (χ1n) is 8.33. The number of hydrogen-bond acceptors (Lipinski definition) is 4. The van der Waals surface area contributed by atoms with Gasteiger partial charge in [0.2, 0.25) is 0 Å². The predicted molar refractivity (Wildman–Crippen MR) is 90.6 cm³/mol. The van der Waals surface area contributed by atoms with E-state index >= 15 is 0 Å². The van der Waals surface area contributed by atoms with Crippen molar-refractivity contribution in [1.82, 2.24) is 9.88 Å². The zero-order valence-electron chi connectivity index (χ0n) is 13.9. The van der Waals surface area contributed by atoms with E-state index in [1.807, 2.05) is 18.2 Å². The quantitative estimate of drug-likeness (QED) is 0.903. The number of likely N-dealkylation sites (tertiary alicyclic amines) is 1. The van der Waals surface area contributed by atoms with Gasteiger partial charge in [-0.2, -0.15) is 0 Å². The summed E-state index contributed by atoms with van der Waals surface area (Å²) in [6.07, 6.45) is 3.14. The molecule has 2 heterocycles. The van der Waals surface area contributed by atoms with Crippen molar-refractivity contribution in [3.8, 4) is 5.75 Å². The molecular weight excluding hydrogens is 323 g/mol. The first-order valence-corrected chi connectivity index (χ1v) is 8.33. The predicted octanol–water partition coefficient (Wildman–Crippen LogP) is 2.20. The van der Waals surface area contributed by atoms with Crippen molar-refractivity contribution in [3.05, 3.63) is 60.2 Å². The van der Waals surface area contributed by atoms with Crippen LogP contribution in [0, 0.1) is 5.82 Å². The molecule has 1 aliphatic heterocycles. The highest BCUT2D eigenvalue weighted by Gasteiger charge is 2.34. The largest absolute Gasteiger partial charge is 0.481 e. The van der Waals surface area contributed by atoms with E-state index in [2.05, 4.69) is 4.98 Å². The maximum Gasteiger partial charge on any atom is 0.260 e. The number of aliphatic hydroxyl groups is 1. The molecule has 0 atom stereocenters. The summed E-state index contributed by atoms with van der Waals surface area (Å²) in [5.41, 5.74) is -0.00925. The second kappa shape index (κ2) is 7.61. The molecule has 0 aliphatic carbocycles. The summed E-state index contributed by atoms with van der Waals surface area (Å²) in [7, 11) is 0. The second-order valence-electron chi connectivity index (χ2n) is 6.32. The number of carbonyl (C=O) groups is 1. The molecular formula is C19H21FN2O3. The third kappa shape index (κ3) is 4.54. The fourth-order valence-electron chi connectivity index (χ4n) is 2.98. The maximum absolute atomic E-state index is 13.5. The standard InChI is InChI=1S/C19H21FN2O3/c20-16-6-1-2-7-17(16)25-14-18(23)22-11-8-19(24,9-12-22)13-15-5-3-4-10-21-15/h1-7,10,24H,8-9,11-14H2. The van der Waals surface area contributed by atoms with E-state index in [0.717, 1.165) is 5.69 Å². The molecule has 1 fully saturated rings. The molecule has 0 saturated carbocycles. The number of amides is 1. The molecule has 132 valence electrons. The van der Waals surface area contributed by atoms with Crippen molar-refractivity contribution in [3.63, 3.8) is 0 Å². The van der Waals surface area contributed by atoms with Crippen molar-refractivity contribution in [1.29, 1.82) is 0 Å². The Kier molecular flexibility index (Phi) is 5.28. The normalized spacial score (nSPS) is 16.5. The highest BCUT2D eigenvalue weighted by molar-refractivity contribution is 5.77. The minimum absolute atomic E-state index is 0.0690. The summed E-state index contributed by atoms with van der Waals surface area (Å²) in [4.78, 5) is 18.1. The van der Waals surface area contributed by atoms with Crippen LogP contribution < -0.4 is 4.74 Å². The van der Waals surface area contributed by atoms with Crippen LogP contribution in [0.1, 0.15) is 18.5 Å². The molecule has 1 aliphatic rings. The van der Waals surface area contributed by atoms with Gasteiger partial charge in [-0.05, 0) is 37.1 Å². The number of pyridine rings is 1. The molecule has 5 nitrogen and oxygen atoms in total. The molecule has 0 spiro atoms. The molecule has 1 saturated heterocycles. The van der Waals surface area contributed by atoms with Crippen LogP contribution in [-0.4, -0.2) is 46.2 Å². The molecule has 0 unspecified atom stereocenters. The fraction of sp³-hybridized carbons (Fsp3) is 0.368. The third-order valence-electron chi connectivity index (χ3n) is 4.47. The lowest BCUT2D eigenvalue weighted by atomic mass is 9.87. The van der Waals surface area contributed by atoms with Crippen molar-refractivity contribution >= 4 is 5.91 Å². The minimum Gasteiger partial charge on any atom is -0.481 e. The van der Waals surface area contributed by atoms with Crippen LogP contribution in [0.15, 0.2) is 48.7 Å². The molecule has 1 N–H and O–H groups in total. The van der Waals surface area contributed by atoms with E-state index in [-0.39, 0.29) is 18.3 Å². The highest BCUT2D eigenvalue weighted by Crippen LogP contribution is 2.26. The second-order valence-corrected chi connectivity index (χ2v) is 6.32. The number of halogens is 1. The van der Waals surface area contributed by atoms with Crippen LogP contribution in [0.25, 0.3) is 0 Å². The summed E-state index contributed by atoms with van der Waals surface area (Å²) < 4.78 is 18.8. The lowest BCUT2D eigenvalue weighted by molar-refractivity contribution is -0.137. The summed E-state index contributed by atoms with van der Waals surface area (Å²) in [6.45, 7) is 0.686. The fourth-order valence-corrected chi connectivity index (χ4v) is 2.98. The zero-order valence-corrected chi connectivity index (χ0v) is 13.9. The Labute approximate surface area is 146 Å². The number of para-hydroxylation sites is 1. The minimum atomic E-state index is -0.850. The zero-order chi connectivity index (χ0) is 17.7. The van der Waals surface area contributed by atoms with Crippen LogP contribution in [-0.2, 0) is 11.2 Å². The molecule has 1 amide bonds. The van der Waals surface area contributed by atoms with E-state index in [1.165, 1.54) is 12.1 Å². The summed E-state index contributed by atoms with van der Waals surface area (Å²) in [6, 6.07) is 11.6. The van der Waals surface area contributed by atoms with Gasteiger partial charge in [0.1, 0.15) is 0 Å². The summed E-state index contributed by atoms with van der Waals surface area (Å²) >= 11 is 0. The number of hydrogen-bond donors (Lipinski definition) is 1. The summed E-state index contributed by atoms with van der Waals surface area (Å²) in [5.74, 6) is -0.624. The number of benzene rings is 1. The topological polar surface area (TPSA) is 62.7 Å². The van der Waals surface area contributed by atoms with Gasteiger partial charge in [0.15, 0.2) is 18.2 Å². The van der Waals surface area contributed by atoms with Crippen molar-refractivity contribution in [2.24, 2.45) is 0 Å². The van der Waals surface area contributed by atoms with Crippen LogP contribution in [0.3, 0.4) is 0 Å². The lowest BCUT2D eigenvalue weighted by Gasteiger charge is -2.38. The summed E-state index contributed by atoms with van der Waals surface area (Å²) in [5, 5.41) is 10.7. The Balaban J connectivity index is 1.50. The Morgan fingerprint density at radius 2 is 1.92 bits per heavy atom. The molecule has 0 radical (unpaired) electrons. The van der Waals surface area contributed by atoms with Gasteiger partial charge in [-0.3, -0.25) is 9.78 Å². The van der Waals surface area contributed by atoms with Crippen molar-refractivity contribution in [2.45, 2.75) is 24.9 Å². The molecule has 0 bridgehead atoms. The van der Waals surface area contributed by atoms with Gasteiger partial charge in [0, 0.05) is 31.4 Å². The van der Waals surface area contributed by atoms with Gasteiger partial charge in [-0.15, -0.1) is 0 Å². The Morgan fingerprint density at radius 1 is 1.20 bits per heavy atom. The van der Waals surface area contributed by atoms with E-state index < -0.39 is 11.4 Å². The molecule has 25 heavy (non-hydrogen) atoms. The van der Waals surface area contributed by atoms with Crippen LogP contribution in [0.5, 0.6) is 5.75 Å². The van der Waals surface area contributed by atoms with E-state index in [0.29, 0.717) is 32.4 Å². The van der Waals surface area contributed by atoms with Gasteiger partial charge >= 0.3 is 0 Å². The van der Waals surface area contributed by atoms with Gasteiger partial charge in [0.05, 0.1) is 5.60 Å². The number of rotatable bonds is 5. The molecule has 1 aromatic heterocycles. The Morgan fingerprint density at radius 3 is 2.60 bits per heavy atom. The number of nitrogens with zero attached hydrogens (tertiary/aromatic N) is 2. The molecule has 2 aromatic rings. The Bertz CT molecular complexity index is 716. The number of ether oxygens (including phenoxy) is 1. The third-order valence-corrected chi connectivity index (χ3v) is 4.47. The Hall–Kier alpha value is -2.47. The number of piperidine rings is 1. The molecule has 6 heteroatoms. The lowest BCUT2D eigenvalue weighted by Crippen LogP contribution is -2.49. The monoisotopic (exact) mass is 344 g/mol. The maximum atomic E-state index is 13.5. The van der Waals surface area contributed by atoms with E-state index in [9.17, 15) is 14.3 Å². The van der Waals surface area contributed by atoms with Gasteiger partial charge in [0.25, 0.3) is 5.91 Å². The van der Waals surface area contributed by atoms with Gasteiger partial charge < -0.3 is 14.7 Å². The van der Waals surface area contributed by atoms with E-state index in [1.54, 1.807) is 23.2 Å². The van der Waals surface area contributed by atoms with Crippen LogP contribution >= 0.6 is 0 Å². The van der Waals surface area contributed by atoms with E-state index in [4.69, 9.17) is 4.74 Å². The van der Waals surface area contributed by atoms with Crippen LogP contribution in [0.2, 0.25) is 0 Å². The highest BCUT2D eigenvalue weighted by atomic mass is 19.1. The smallest absolute Gasteiger partial charge is 0.260 e. The number of aromatic nitrogens is 1. The van der Waals surface area contributed by atoms with Crippen LogP contribution in [0.4, 0.5) is 4.39 Å². The van der Waals surface area contributed by atoms with Crippen molar-refractivity contribution in [2.75, 3.05) is 19.7 Å². The van der Waals surface area contributed by atoms with Crippen molar-refractivity contribution < 1.29 is 19.0 Å². The average molecular weight is 344 g/mol. The number of carbonyl (C=O) groups excluding carboxylic acids is 1. The molecule has 3 rings (SSSR count). The average Bonchev–Trinajstić information content (AvgIpc) is 2.62. The first-order chi connectivity index (χ1) is 12.1. The molecule has 1 aromatic carbocycles. The SMILES string of the molecule is O=C(COc1ccccc1F)N1CCC(O)(Cc2ccccn2)CC1. The first kappa shape index (κ1) is 17.4. The van der Waals surface area contributed by atoms with Gasteiger partial charge in [-0.1, -0.05) is 18.2 Å². The van der Waals surface area contributed by atoms with Gasteiger partial charge in [-0.25, -0.2) is 4.39 Å².